The topological polar surface area (TPSA) is 107 Å². The molecule has 1 N–H and O–H groups in total. The largest absolute Gasteiger partial charge is 0.338 e. The van der Waals surface area contributed by atoms with E-state index in [1.807, 2.05) is 0 Å². The van der Waals surface area contributed by atoms with Crippen LogP contribution in [0.5, 0.6) is 0 Å². The van der Waals surface area contributed by atoms with Crippen LogP contribution in [0, 0.1) is 0 Å². The fourth-order valence-corrected chi connectivity index (χ4v) is 4.41. The highest BCUT2D eigenvalue weighted by molar-refractivity contribution is 9.10. The molecule has 2 heterocycles. The predicted octanol–water partition coefficient (Wildman–Crippen LogP) is 0.320. The van der Waals surface area contributed by atoms with E-state index in [1.165, 1.54) is 9.21 Å². The van der Waals surface area contributed by atoms with Gasteiger partial charge in [0.2, 0.25) is 15.9 Å². The van der Waals surface area contributed by atoms with Crippen LogP contribution >= 0.6 is 15.9 Å². The fraction of sp³-hybridized carbons (Fsp3) is 0.471. The maximum absolute atomic E-state index is 12.9. The Morgan fingerprint density at radius 2 is 1.71 bits per heavy atom. The first-order valence-electron chi connectivity index (χ1n) is 8.65. The lowest BCUT2D eigenvalue weighted by molar-refractivity contribution is -0.139. The molecular formula is C17H21BrN4O5S. The van der Waals surface area contributed by atoms with Crippen LogP contribution in [0.2, 0.25) is 0 Å². The van der Waals surface area contributed by atoms with Gasteiger partial charge in [0.05, 0.1) is 6.26 Å². The minimum absolute atomic E-state index is 0.196. The second-order valence-corrected chi connectivity index (χ2v) is 9.89. The maximum atomic E-state index is 12.9. The molecule has 9 nitrogen and oxygen atoms in total. The summed E-state index contributed by atoms with van der Waals surface area (Å²) < 4.78 is 25.3. The van der Waals surface area contributed by atoms with Gasteiger partial charge < -0.3 is 10.2 Å². The molecule has 28 heavy (non-hydrogen) atoms. The lowest BCUT2D eigenvalue weighted by Crippen LogP contribution is -2.53. The Bertz CT molecular complexity index is 912. The molecule has 1 aromatic carbocycles. The lowest BCUT2D eigenvalue weighted by Gasteiger charge is -2.33. The number of benzene rings is 1. The van der Waals surface area contributed by atoms with Crippen molar-refractivity contribution in [3.8, 4) is 0 Å². The van der Waals surface area contributed by atoms with Crippen molar-refractivity contribution >= 4 is 43.8 Å². The summed E-state index contributed by atoms with van der Waals surface area (Å²) in [7, 11) is -3.30. The van der Waals surface area contributed by atoms with Crippen molar-refractivity contribution in [3.63, 3.8) is 0 Å². The molecule has 2 aliphatic heterocycles. The van der Waals surface area contributed by atoms with Crippen LogP contribution in [0.3, 0.4) is 0 Å². The average Bonchev–Trinajstić information content (AvgIpc) is 2.85. The number of sulfonamides is 1. The number of rotatable bonds is 4. The van der Waals surface area contributed by atoms with Crippen molar-refractivity contribution in [2.45, 2.75) is 12.5 Å². The molecule has 0 aliphatic carbocycles. The van der Waals surface area contributed by atoms with Gasteiger partial charge in [-0.1, -0.05) is 28.1 Å². The van der Waals surface area contributed by atoms with Gasteiger partial charge in [-0.2, -0.15) is 4.31 Å². The first-order chi connectivity index (χ1) is 13.0. The third-order valence-corrected chi connectivity index (χ3v) is 6.88. The Hall–Kier alpha value is -1.98. The van der Waals surface area contributed by atoms with Crippen molar-refractivity contribution in [1.82, 2.24) is 19.4 Å². The zero-order chi connectivity index (χ0) is 20.7. The van der Waals surface area contributed by atoms with E-state index >= 15 is 0 Å². The maximum Gasteiger partial charge on any atom is 0.325 e. The van der Waals surface area contributed by atoms with Crippen LogP contribution in [-0.4, -0.2) is 79.3 Å². The molecule has 0 radical (unpaired) electrons. The van der Waals surface area contributed by atoms with Gasteiger partial charge in [-0.25, -0.2) is 13.2 Å². The molecule has 0 spiro atoms. The Morgan fingerprint density at radius 1 is 1.14 bits per heavy atom. The number of piperazine rings is 1. The summed E-state index contributed by atoms with van der Waals surface area (Å²) in [5, 5.41) is 2.66. The Balaban J connectivity index is 1.68. The summed E-state index contributed by atoms with van der Waals surface area (Å²) in [6, 6.07) is 6.39. The minimum Gasteiger partial charge on any atom is -0.338 e. The van der Waals surface area contributed by atoms with Gasteiger partial charge in [-0.05, 0) is 24.6 Å². The molecule has 1 aromatic rings. The first-order valence-corrected chi connectivity index (χ1v) is 11.3. The first kappa shape index (κ1) is 20.7. The van der Waals surface area contributed by atoms with E-state index in [4.69, 9.17) is 0 Å². The van der Waals surface area contributed by atoms with Crippen molar-refractivity contribution in [1.29, 1.82) is 0 Å². The van der Waals surface area contributed by atoms with E-state index in [-0.39, 0.29) is 32.7 Å². The minimum atomic E-state index is -3.30. The molecule has 0 saturated carbocycles. The van der Waals surface area contributed by atoms with Gasteiger partial charge in [-0.3, -0.25) is 14.5 Å². The summed E-state index contributed by atoms with van der Waals surface area (Å²) in [4.78, 5) is 40.2. The zero-order valence-corrected chi connectivity index (χ0v) is 17.9. The van der Waals surface area contributed by atoms with Gasteiger partial charge >= 0.3 is 6.03 Å². The number of imide groups is 1. The van der Waals surface area contributed by atoms with Crippen molar-refractivity contribution in [3.05, 3.63) is 34.3 Å². The van der Waals surface area contributed by atoms with Gasteiger partial charge in [0.1, 0.15) is 12.1 Å². The standard InChI is InChI=1S/C17H21BrN4O5S/c1-17(12-3-5-13(18)6-4-12)15(24)22(16(25)19-17)11-14(23)20-7-9-21(10-8-20)28(2,26)27/h3-6H,7-11H2,1-2H3,(H,19,25). The van der Waals surface area contributed by atoms with Gasteiger partial charge in [0.25, 0.3) is 5.91 Å². The normalized spacial score (nSPS) is 23.8. The second-order valence-electron chi connectivity index (χ2n) is 7.00. The smallest absolute Gasteiger partial charge is 0.325 e. The molecule has 4 amide bonds. The number of hydrogen-bond donors (Lipinski definition) is 1. The van der Waals surface area contributed by atoms with E-state index < -0.39 is 33.4 Å². The van der Waals surface area contributed by atoms with Crippen LogP contribution in [-0.2, 0) is 25.2 Å². The van der Waals surface area contributed by atoms with Crippen molar-refractivity contribution in [2.24, 2.45) is 0 Å². The van der Waals surface area contributed by atoms with Gasteiger partial charge in [0, 0.05) is 30.7 Å². The van der Waals surface area contributed by atoms with E-state index in [9.17, 15) is 22.8 Å². The summed E-state index contributed by atoms with van der Waals surface area (Å²) >= 11 is 3.33. The second kappa shape index (κ2) is 7.45. The number of hydrogen-bond acceptors (Lipinski definition) is 5. The molecule has 2 aliphatic rings. The molecule has 0 aromatic heterocycles. The van der Waals surface area contributed by atoms with Crippen LogP contribution in [0.1, 0.15) is 12.5 Å². The monoisotopic (exact) mass is 472 g/mol. The van der Waals surface area contributed by atoms with Crippen LogP contribution < -0.4 is 5.32 Å². The molecule has 152 valence electrons. The van der Waals surface area contributed by atoms with Crippen LogP contribution in [0.25, 0.3) is 0 Å². The molecule has 0 bridgehead atoms. The Labute approximate surface area is 171 Å². The highest BCUT2D eigenvalue weighted by Gasteiger charge is 2.49. The summed E-state index contributed by atoms with van der Waals surface area (Å²) in [6.45, 7) is 2.06. The van der Waals surface area contributed by atoms with Gasteiger partial charge in [-0.15, -0.1) is 0 Å². The lowest BCUT2D eigenvalue weighted by atomic mass is 9.92. The third-order valence-electron chi connectivity index (χ3n) is 5.05. The van der Waals surface area contributed by atoms with Crippen LogP contribution in [0.4, 0.5) is 4.79 Å². The molecule has 1 atom stereocenters. The molecule has 3 rings (SSSR count). The number of halogens is 1. The average molecular weight is 473 g/mol. The summed E-state index contributed by atoms with van der Waals surface area (Å²) in [5.74, 6) is -0.889. The summed E-state index contributed by atoms with van der Waals surface area (Å²) in [5.41, 5.74) is -0.627. The SMILES string of the molecule is CC1(c2ccc(Br)cc2)NC(=O)N(CC(=O)N2CCN(S(C)(=O)=O)CC2)C1=O. The van der Waals surface area contributed by atoms with Gasteiger partial charge in [0.15, 0.2) is 0 Å². The van der Waals surface area contributed by atoms with Crippen molar-refractivity contribution < 1.29 is 22.8 Å². The number of urea groups is 1. The number of carbonyl (C=O) groups excluding carboxylic acids is 3. The number of amides is 4. The highest BCUT2D eigenvalue weighted by atomic mass is 79.9. The number of nitrogens with zero attached hydrogens (tertiary/aromatic N) is 3. The fourth-order valence-electron chi connectivity index (χ4n) is 3.32. The number of nitrogens with one attached hydrogen (secondary N) is 1. The Kier molecular flexibility index (Phi) is 5.52. The summed E-state index contributed by atoms with van der Waals surface area (Å²) in [6.07, 6.45) is 1.13. The highest BCUT2D eigenvalue weighted by Crippen LogP contribution is 2.29. The molecular weight excluding hydrogens is 452 g/mol. The number of carbonyl (C=O) groups is 3. The predicted molar refractivity (Wildman–Crippen MR) is 105 cm³/mol. The van der Waals surface area contributed by atoms with E-state index in [0.717, 1.165) is 15.6 Å². The quantitative estimate of drug-likeness (QED) is 0.634. The van der Waals surface area contributed by atoms with E-state index in [0.29, 0.717) is 5.56 Å². The molecule has 2 saturated heterocycles. The van der Waals surface area contributed by atoms with Crippen LogP contribution in [0.15, 0.2) is 28.7 Å². The molecule has 11 heteroatoms. The third kappa shape index (κ3) is 3.91. The van der Waals surface area contributed by atoms with Crippen molar-refractivity contribution in [2.75, 3.05) is 39.0 Å². The molecule has 1 unspecified atom stereocenters. The van der Waals surface area contributed by atoms with E-state index in [1.54, 1.807) is 31.2 Å². The molecule has 2 fully saturated rings. The Morgan fingerprint density at radius 3 is 2.25 bits per heavy atom. The van der Waals surface area contributed by atoms with E-state index in [2.05, 4.69) is 21.2 Å². The zero-order valence-electron chi connectivity index (χ0n) is 15.5.